The Morgan fingerprint density at radius 3 is 2.27 bits per heavy atom. The summed E-state index contributed by atoms with van der Waals surface area (Å²) in [6.45, 7) is 1.78. The van der Waals surface area contributed by atoms with E-state index >= 15 is 0 Å². The van der Waals surface area contributed by atoms with E-state index in [0.29, 0.717) is 47.0 Å². The summed E-state index contributed by atoms with van der Waals surface area (Å²) in [4.78, 5) is 13.2. The Hall–Kier alpha value is -1.56. The number of benzene rings is 2. The Bertz CT molecular complexity index is 934. The lowest BCUT2D eigenvalue weighted by atomic mass is 10.1. The van der Waals surface area contributed by atoms with Gasteiger partial charge in [0.1, 0.15) is 0 Å². The van der Waals surface area contributed by atoms with Crippen LogP contribution in [-0.4, -0.2) is 19.1 Å². The molecule has 7 heteroatoms. The Labute approximate surface area is 163 Å². The smallest absolute Gasteiger partial charge is 0.246 e. The van der Waals surface area contributed by atoms with Crippen molar-refractivity contribution in [1.29, 1.82) is 0 Å². The van der Waals surface area contributed by atoms with Gasteiger partial charge in [-0.1, -0.05) is 42.1 Å². The number of rotatable bonds is 4. The summed E-state index contributed by atoms with van der Waals surface area (Å²) >= 11 is 12.0. The molecule has 4 nitrogen and oxygen atoms in total. The van der Waals surface area contributed by atoms with E-state index in [4.69, 9.17) is 23.2 Å². The van der Waals surface area contributed by atoms with Gasteiger partial charge in [-0.15, -0.1) is 0 Å². The highest BCUT2D eigenvalue weighted by Gasteiger charge is 2.53. The number of anilines is 1. The van der Waals surface area contributed by atoms with Crippen molar-refractivity contribution in [1.82, 2.24) is 0 Å². The van der Waals surface area contributed by atoms with Crippen molar-refractivity contribution >= 4 is 44.6 Å². The summed E-state index contributed by atoms with van der Waals surface area (Å²) in [5.41, 5.74) is 1.24. The number of amides is 1. The third-order valence-electron chi connectivity index (χ3n) is 4.98. The highest BCUT2D eigenvalue weighted by Crippen LogP contribution is 2.42. The molecule has 3 rings (SSSR count). The van der Waals surface area contributed by atoms with Gasteiger partial charge in [-0.2, -0.15) is 0 Å². The second-order valence-corrected chi connectivity index (χ2v) is 9.63. The summed E-state index contributed by atoms with van der Waals surface area (Å²) in [7, 11) is -3.86. The van der Waals surface area contributed by atoms with E-state index in [1.165, 1.54) is 24.3 Å². The summed E-state index contributed by atoms with van der Waals surface area (Å²) < 4.78 is 25.2. The standard InChI is InChI=1S/C19H19Cl2NO3S/c1-13-16(21)5-4-6-17(13)22-18(23)19(11-2-3-12-19)26(24,25)15-9-7-14(20)8-10-15/h4-10H,2-3,11-12H2,1H3,(H,22,23). The van der Waals surface area contributed by atoms with Crippen LogP contribution in [0.1, 0.15) is 31.2 Å². The van der Waals surface area contributed by atoms with E-state index in [1.54, 1.807) is 25.1 Å². The molecule has 0 aromatic heterocycles. The number of hydrogen-bond acceptors (Lipinski definition) is 3. The molecule has 0 heterocycles. The van der Waals surface area contributed by atoms with Crippen LogP contribution in [0.25, 0.3) is 0 Å². The quantitative estimate of drug-likeness (QED) is 0.767. The Morgan fingerprint density at radius 1 is 1.04 bits per heavy atom. The molecule has 1 aliphatic rings. The van der Waals surface area contributed by atoms with Crippen LogP contribution in [0.2, 0.25) is 10.0 Å². The fourth-order valence-electron chi connectivity index (χ4n) is 3.38. The summed E-state index contributed by atoms with van der Waals surface area (Å²) in [5.74, 6) is -0.504. The molecular weight excluding hydrogens is 393 g/mol. The molecule has 2 aromatic carbocycles. The van der Waals surface area contributed by atoms with Gasteiger partial charge in [-0.3, -0.25) is 4.79 Å². The third-order valence-corrected chi connectivity index (χ3v) is 8.16. The van der Waals surface area contributed by atoms with Gasteiger partial charge in [0.05, 0.1) is 4.90 Å². The molecule has 0 unspecified atom stereocenters. The van der Waals surface area contributed by atoms with Gasteiger partial charge in [-0.25, -0.2) is 8.42 Å². The first kappa shape index (κ1) is 19.2. The van der Waals surface area contributed by atoms with E-state index in [0.717, 1.165) is 0 Å². The molecule has 0 bridgehead atoms. The molecule has 138 valence electrons. The second-order valence-electron chi connectivity index (χ2n) is 6.53. The van der Waals surface area contributed by atoms with Crippen molar-refractivity contribution < 1.29 is 13.2 Å². The van der Waals surface area contributed by atoms with Crippen molar-refractivity contribution in [3.8, 4) is 0 Å². The van der Waals surface area contributed by atoms with Gasteiger partial charge in [-0.05, 0) is 61.7 Å². The zero-order valence-electron chi connectivity index (χ0n) is 14.3. The third kappa shape index (κ3) is 3.24. The van der Waals surface area contributed by atoms with Crippen LogP contribution >= 0.6 is 23.2 Å². The average Bonchev–Trinajstić information content (AvgIpc) is 3.11. The van der Waals surface area contributed by atoms with Gasteiger partial charge in [0.15, 0.2) is 14.6 Å². The van der Waals surface area contributed by atoms with Crippen molar-refractivity contribution in [2.24, 2.45) is 0 Å². The monoisotopic (exact) mass is 411 g/mol. The van der Waals surface area contributed by atoms with Crippen molar-refractivity contribution in [3.05, 3.63) is 58.1 Å². The van der Waals surface area contributed by atoms with Crippen LogP contribution in [0.3, 0.4) is 0 Å². The number of halogens is 2. The van der Waals surface area contributed by atoms with Crippen LogP contribution in [-0.2, 0) is 14.6 Å². The minimum Gasteiger partial charge on any atom is -0.324 e. The van der Waals surface area contributed by atoms with Gasteiger partial charge in [0, 0.05) is 15.7 Å². The SMILES string of the molecule is Cc1c(Cl)cccc1NC(=O)C1(S(=O)(=O)c2ccc(Cl)cc2)CCCC1. The lowest BCUT2D eigenvalue weighted by Gasteiger charge is -2.28. The van der Waals surface area contributed by atoms with Crippen LogP contribution in [0.4, 0.5) is 5.69 Å². The van der Waals surface area contributed by atoms with Gasteiger partial charge in [0.2, 0.25) is 5.91 Å². The fraction of sp³-hybridized carbons (Fsp3) is 0.316. The predicted octanol–water partition coefficient (Wildman–Crippen LogP) is 5.03. The summed E-state index contributed by atoms with van der Waals surface area (Å²) in [6, 6.07) is 11.1. The largest absolute Gasteiger partial charge is 0.324 e. The molecule has 1 fully saturated rings. The molecule has 26 heavy (non-hydrogen) atoms. The highest BCUT2D eigenvalue weighted by molar-refractivity contribution is 7.93. The maximum atomic E-state index is 13.3. The average molecular weight is 412 g/mol. The van der Waals surface area contributed by atoms with E-state index < -0.39 is 20.5 Å². The zero-order valence-corrected chi connectivity index (χ0v) is 16.6. The zero-order chi connectivity index (χ0) is 18.9. The van der Waals surface area contributed by atoms with Gasteiger partial charge in [0.25, 0.3) is 0 Å². The molecular formula is C19H19Cl2NO3S. The fourth-order valence-corrected chi connectivity index (χ4v) is 5.75. The van der Waals surface area contributed by atoms with Crippen LogP contribution in [0, 0.1) is 6.92 Å². The number of hydrogen-bond donors (Lipinski definition) is 1. The number of carbonyl (C=O) groups is 1. The molecule has 1 saturated carbocycles. The first-order chi connectivity index (χ1) is 12.3. The second kappa shape index (κ2) is 7.22. The number of carbonyl (C=O) groups excluding carboxylic acids is 1. The molecule has 0 atom stereocenters. The Morgan fingerprint density at radius 2 is 1.65 bits per heavy atom. The lowest BCUT2D eigenvalue weighted by Crippen LogP contribution is -2.47. The van der Waals surface area contributed by atoms with E-state index in [2.05, 4.69) is 5.32 Å². The van der Waals surface area contributed by atoms with E-state index in [9.17, 15) is 13.2 Å². The predicted molar refractivity (Wildman–Crippen MR) is 105 cm³/mol. The van der Waals surface area contributed by atoms with Crippen molar-refractivity contribution in [3.63, 3.8) is 0 Å². The lowest BCUT2D eigenvalue weighted by molar-refractivity contribution is -0.118. The van der Waals surface area contributed by atoms with Gasteiger partial charge < -0.3 is 5.32 Å². The maximum absolute atomic E-state index is 13.3. The minimum absolute atomic E-state index is 0.113. The van der Waals surface area contributed by atoms with E-state index in [-0.39, 0.29) is 4.90 Å². The number of sulfone groups is 1. The Balaban J connectivity index is 2.01. The minimum atomic E-state index is -3.86. The van der Waals surface area contributed by atoms with Crippen LogP contribution < -0.4 is 5.32 Å². The van der Waals surface area contributed by atoms with Crippen LogP contribution in [0.5, 0.6) is 0 Å². The maximum Gasteiger partial charge on any atom is 0.246 e. The normalized spacial score (nSPS) is 16.4. The molecule has 0 spiro atoms. The van der Waals surface area contributed by atoms with Crippen molar-refractivity contribution in [2.75, 3.05) is 5.32 Å². The molecule has 0 radical (unpaired) electrons. The van der Waals surface area contributed by atoms with Gasteiger partial charge >= 0.3 is 0 Å². The van der Waals surface area contributed by atoms with Crippen molar-refractivity contribution in [2.45, 2.75) is 42.2 Å². The summed E-state index contributed by atoms with van der Waals surface area (Å²) in [6.07, 6.45) is 1.97. The molecule has 1 aliphatic carbocycles. The molecule has 1 amide bonds. The number of nitrogens with one attached hydrogen (secondary N) is 1. The highest BCUT2D eigenvalue weighted by atomic mass is 35.5. The Kier molecular flexibility index (Phi) is 5.33. The molecule has 0 aliphatic heterocycles. The first-order valence-electron chi connectivity index (χ1n) is 8.35. The molecule has 0 saturated heterocycles. The first-order valence-corrected chi connectivity index (χ1v) is 10.6. The van der Waals surface area contributed by atoms with E-state index in [1.807, 2.05) is 0 Å². The topological polar surface area (TPSA) is 63.2 Å². The molecule has 1 N–H and O–H groups in total. The summed E-state index contributed by atoms with van der Waals surface area (Å²) in [5, 5.41) is 3.76. The molecule has 2 aromatic rings. The van der Waals surface area contributed by atoms with Crippen LogP contribution in [0.15, 0.2) is 47.4 Å².